The first kappa shape index (κ1) is 14.1. The second-order valence-corrected chi connectivity index (χ2v) is 5.17. The highest BCUT2D eigenvalue weighted by molar-refractivity contribution is 5.84. The molecule has 0 aliphatic carbocycles. The average Bonchev–Trinajstić information content (AvgIpc) is 2.52. The molecule has 5 heteroatoms. The molecule has 0 spiro atoms. The monoisotopic (exact) mass is 251 g/mol. The zero-order valence-corrected chi connectivity index (χ0v) is 10.8. The summed E-state index contributed by atoms with van der Waals surface area (Å²) < 4.78 is 5.16. The van der Waals surface area contributed by atoms with Crippen molar-refractivity contribution in [1.82, 2.24) is 4.90 Å². The van der Waals surface area contributed by atoms with Crippen LogP contribution in [-0.4, -0.2) is 40.3 Å². The number of likely N-dealkylation sites (tertiary alicyclic amines) is 1. The van der Waals surface area contributed by atoms with Gasteiger partial charge in [0.15, 0.2) is 6.04 Å². The molecule has 98 valence electrons. The van der Waals surface area contributed by atoms with Crippen molar-refractivity contribution in [3.8, 4) is 12.3 Å². The molecule has 5 nitrogen and oxygen atoms in total. The molecule has 1 heterocycles. The summed E-state index contributed by atoms with van der Waals surface area (Å²) in [6.45, 7) is 8.93. The SMILES string of the molecule is C#C[C@@H]1CN(C(=O)OC(C)(C)C)[C@H](C(=O)O)C1=C. The molecular weight excluding hydrogens is 234 g/mol. The minimum Gasteiger partial charge on any atom is -0.479 e. The van der Waals surface area contributed by atoms with Crippen molar-refractivity contribution < 1.29 is 19.4 Å². The number of terminal acetylenes is 1. The molecule has 1 fully saturated rings. The Balaban J connectivity index is 2.94. The van der Waals surface area contributed by atoms with Crippen LogP contribution in [0.1, 0.15) is 20.8 Å². The maximum atomic E-state index is 11.9. The number of carbonyl (C=O) groups is 2. The summed E-state index contributed by atoms with van der Waals surface area (Å²) in [6.07, 6.45) is 4.61. The summed E-state index contributed by atoms with van der Waals surface area (Å²) in [6, 6.07) is -1.11. The lowest BCUT2D eigenvalue weighted by Crippen LogP contribution is -2.43. The van der Waals surface area contributed by atoms with E-state index in [2.05, 4.69) is 12.5 Å². The van der Waals surface area contributed by atoms with Gasteiger partial charge in [0, 0.05) is 6.54 Å². The average molecular weight is 251 g/mol. The fraction of sp³-hybridized carbons (Fsp3) is 0.538. The highest BCUT2D eigenvalue weighted by Gasteiger charge is 2.43. The molecule has 1 rings (SSSR count). The lowest BCUT2D eigenvalue weighted by Gasteiger charge is -2.26. The van der Waals surface area contributed by atoms with Crippen LogP contribution < -0.4 is 0 Å². The second-order valence-electron chi connectivity index (χ2n) is 5.17. The standard InChI is InChI=1S/C13H17NO4/c1-6-9-7-14(10(8(9)2)11(15)16)12(17)18-13(3,4)5/h1,9-10H,2,7H2,3-5H3,(H,15,16)/t9-,10+/m1/s1. The van der Waals surface area contributed by atoms with Crippen LogP contribution in [0, 0.1) is 18.3 Å². The molecule has 0 aromatic rings. The Morgan fingerprint density at radius 3 is 2.50 bits per heavy atom. The van der Waals surface area contributed by atoms with Crippen molar-refractivity contribution in [2.45, 2.75) is 32.4 Å². The predicted octanol–water partition coefficient (Wildman–Crippen LogP) is 1.50. The maximum absolute atomic E-state index is 11.9. The molecule has 1 aliphatic heterocycles. The van der Waals surface area contributed by atoms with Gasteiger partial charge in [-0.3, -0.25) is 4.90 Å². The van der Waals surface area contributed by atoms with Gasteiger partial charge in [-0.05, 0) is 26.3 Å². The number of carboxylic acid groups (broad SMARTS) is 1. The zero-order chi connectivity index (χ0) is 14.1. The zero-order valence-electron chi connectivity index (χ0n) is 10.8. The van der Waals surface area contributed by atoms with Gasteiger partial charge in [-0.2, -0.15) is 0 Å². The molecule has 18 heavy (non-hydrogen) atoms. The van der Waals surface area contributed by atoms with E-state index < -0.39 is 29.6 Å². The second kappa shape index (κ2) is 4.73. The predicted molar refractivity (Wildman–Crippen MR) is 65.8 cm³/mol. The largest absolute Gasteiger partial charge is 0.479 e. The van der Waals surface area contributed by atoms with Crippen LogP contribution >= 0.6 is 0 Å². The third-order valence-corrected chi connectivity index (χ3v) is 2.55. The van der Waals surface area contributed by atoms with Gasteiger partial charge in [0.25, 0.3) is 0 Å². The van der Waals surface area contributed by atoms with Gasteiger partial charge in [-0.1, -0.05) is 12.5 Å². The van der Waals surface area contributed by atoms with Crippen molar-refractivity contribution in [3.63, 3.8) is 0 Å². The van der Waals surface area contributed by atoms with Crippen LogP contribution in [0.15, 0.2) is 12.2 Å². The summed E-state index contributed by atoms with van der Waals surface area (Å²) in [7, 11) is 0. The molecule has 2 atom stereocenters. The molecule has 0 aromatic carbocycles. The third kappa shape index (κ3) is 2.83. The first-order chi connectivity index (χ1) is 8.17. The molecule has 1 saturated heterocycles. The van der Waals surface area contributed by atoms with Gasteiger partial charge in [-0.25, -0.2) is 9.59 Å². The van der Waals surface area contributed by atoms with Crippen molar-refractivity contribution in [2.75, 3.05) is 6.54 Å². The summed E-state index contributed by atoms with van der Waals surface area (Å²) in [4.78, 5) is 24.2. The van der Waals surface area contributed by atoms with E-state index in [0.717, 1.165) is 4.90 Å². The van der Waals surface area contributed by atoms with E-state index in [-0.39, 0.29) is 6.54 Å². The number of carbonyl (C=O) groups excluding carboxylic acids is 1. The van der Waals surface area contributed by atoms with Gasteiger partial charge in [0.2, 0.25) is 0 Å². The first-order valence-corrected chi connectivity index (χ1v) is 5.54. The molecule has 0 saturated carbocycles. The Morgan fingerprint density at radius 1 is 1.56 bits per heavy atom. The van der Waals surface area contributed by atoms with Gasteiger partial charge in [-0.15, -0.1) is 6.42 Å². The molecule has 0 aromatic heterocycles. The van der Waals surface area contributed by atoms with Gasteiger partial charge < -0.3 is 9.84 Å². The fourth-order valence-corrected chi connectivity index (χ4v) is 1.76. The van der Waals surface area contributed by atoms with E-state index in [9.17, 15) is 9.59 Å². The van der Waals surface area contributed by atoms with E-state index in [4.69, 9.17) is 16.3 Å². The minimum atomic E-state index is -1.15. The fourth-order valence-electron chi connectivity index (χ4n) is 1.76. The normalized spacial score (nSPS) is 23.7. The molecule has 1 amide bonds. The Labute approximate surface area is 106 Å². The van der Waals surface area contributed by atoms with Gasteiger partial charge >= 0.3 is 12.1 Å². The number of carboxylic acids is 1. The lowest BCUT2D eigenvalue weighted by molar-refractivity contribution is -0.140. The lowest BCUT2D eigenvalue weighted by atomic mass is 10.0. The molecule has 0 bridgehead atoms. The molecular formula is C13H17NO4. The van der Waals surface area contributed by atoms with Crippen molar-refractivity contribution >= 4 is 12.1 Å². The highest BCUT2D eigenvalue weighted by Crippen LogP contribution is 2.29. The minimum absolute atomic E-state index is 0.126. The van der Waals surface area contributed by atoms with E-state index in [1.807, 2.05) is 0 Å². The summed E-state index contributed by atoms with van der Waals surface area (Å²) in [5, 5.41) is 9.14. The van der Waals surface area contributed by atoms with E-state index in [1.165, 1.54) is 0 Å². The summed E-state index contributed by atoms with van der Waals surface area (Å²) in [5.74, 6) is 0.839. The number of hydrogen-bond donors (Lipinski definition) is 1. The number of aliphatic carboxylic acids is 1. The molecule has 0 unspecified atom stereocenters. The van der Waals surface area contributed by atoms with Crippen LogP contribution in [0.4, 0.5) is 4.79 Å². The highest BCUT2D eigenvalue weighted by atomic mass is 16.6. The van der Waals surface area contributed by atoms with Crippen molar-refractivity contribution in [3.05, 3.63) is 12.2 Å². The van der Waals surface area contributed by atoms with E-state index >= 15 is 0 Å². The van der Waals surface area contributed by atoms with Crippen LogP contribution in [0.25, 0.3) is 0 Å². The van der Waals surface area contributed by atoms with Crippen LogP contribution in [0.3, 0.4) is 0 Å². The Hall–Kier alpha value is -1.96. The quantitative estimate of drug-likeness (QED) is 0.566. The van der Waals surface area contributed by atoms with Crippen LogP contribution in [0.2, 0.25) is 0 Å². The van der Waals surface area contributed by atoms with Crippen molar-refractivity contribution in [1.29, 1.82) is 0 Å². The molecule has 0 radical (unpaired) electrons. The Bertz CT molecular complexity index is 427. The Kier molecular flexibility index (Phi) is 3.70. The van der Waals surface area contributed by atoms with Gasteiger partial charge in [0.05, 0.1) is 5.92 Å². The summed E-state index contributed by atoms with van der Waals surface area (Å²) >= 11 is 0. The van der Waals surface area contributed by atoms with Gasteiger partial charge in [0.1, 0.15) is 5.60 Å². The third-order valence-electron chi connectivity index (χ3n) is 2.55. The number of ether oxygens (including phenoxy) is 1. The van der Waals surface area contributed by atoms with Crippen LogP contribution in [0.5, 0.6) is 0 Å². The number of nitrogens with zero attached hydrogens (tertiary/aromatic N) is 1. The van der Waals surface area contributed by atoms with E-state index in [1.54, 1.807) is 20.8 Å². The number of amides is 1. The maximum Gasteiger partial charge on any atom is 0.411 e. The summed E-state index contributed by atoms with van der Waals surface area (Å²) in [5.41, 5.74) is -0.341. The molecule has 1 N–H and O–H groups in total. The molecule has 1 aliphatic rings. The van der Waals surface area contributed by atoms with E-state index in [0.29, 0.717) is 5.57 Å². The topological polar surface area (TPSA) is 66.8 Å². The van der Waals surface area contributed by atoms with Crippen molar-refractivity contribution in [2.24, 2.45) is 5.92 Å². The Morgan fingerprint density at radius 2 is 2.11 bits per heavy atom. The number of hydrogen-bond acceptors (Lipinski definition) is 3. The first-order valence-electron chi connectivity index (χ1n) is 5.54. The smallest absolute Gasteiger partial charge is 0.411 e. The number of rotatable bonds is 1. The van der Waals surface area contributed by atoms with Crippen LogP contribution in [-0.2, 0) is 9.53 Å².